The van der Waals surface area contributed by atoms with Gasteiger partial charge in [0.1, 0.15) is 5.25 Å². The van der Waals surface area contributed by atoms with E-state index >= 15 is 0 Å². The molecule has 1 aromatic rings. The molecular weight excluding hydrogens is 288 g/mol. The van der Waals surface area contributed by atoms with E-state index in [1.54, 1.807) is 13.1 Å². The summed E-state index contributed by atoms with van der Waals surface area (Å²) in [5, 5.41) is -0.889. The van der Waals surface area contributed by atoms with Gasteiger partial charge in [0.25, 0.3) is 0 Å². The number of nitrogens with two attached hydrogens (primary N) is 1. The molecule has 1 heterocycles. The molecule has 1 fully saturated rings. The van der Waals surface area contributed by atoms with Gasteiger partial charge in [-0.05, 0) is 37.5 Å². The molecule has 2 N–H and O–H groups in total. The Labute approximate surface area is 126 Å². The van der Waals surface area contributed by atoms with Crippen molar-refractivity contribution < 1.29 is 13.2 Å². The van der Waals surface area contributed by atoms with Gasteiger partial charge in [-0.1, -0.05) is 18.6 Å². The van der Waals surface area contributed by atoms with Crippen LogP contribution in [0.3, 0.4) is 0 Å². The predicted molar refractivity (Wildman–Crippen MR) is 83.5 cm³/mol. The van der Waals surface area contributed by atoms with Crippen LogP contribution < -0.4 is 5.73 Å². The van der Waals surface area contributed by atoms with E-state index < -0.39 is 15.1 Å². The van der Waals surface area contributed by atoms with Crippen molar-refractivity contribution in [2.24, 2.45) is 0 Å². The van der Waals surface area contributed by atoms with E-state index in [9.17, 15) is 13.2 Å². The molecule has 6 heteroatoms. The monoisotopic (exact) mass is 310 g/mol. The molecule has 0 bridgehead atoms. The predicted octanol–water partition coefficient (Wildman–Crippen LogP) is 1.76. The summed E-state index contributed by atoms with van der Waals surface area (Å²) >= 11 is 0. The molecule has 1 aliphatic heterocycles. The molecule has 0 aliphatic carbocycles. The Morgan fingerprint density at radius 1 is 1.38 bits per heavy atom. The quantitative estimate of drug-likeness (QED) is 0.863. The zero-order valence-electron chi connectivity index (χ0n) is 12.5. The zero-order chi connectivity index (χ0) is 15.6. The molecule has 21 heavy (non-hydrogen) atoms. The van der Waals surface area contributed by atoms with Crippen molar-refractivity contribution in [1.29, 1.82) is 0 Å². The number of sulfone groups is 1. The van der Waals surface area contributed by atoms with Crippen LogP contribution in [0, 0.1) is 0 Å². The number of amides is 1. The summed E-state index contributed by atoms with van der Waals surface area (Å²) in [7, 11) is -1.65. The van der Waals surface area contributed by atoms with Crippen LogP contribution in [-0.4, -0.2) is 37.3 Å². The molecule has 1 aliphatic rings. The minimum absolute atomic E-state index is 0.115. The number of benzene rings is 1. The topological polar surface area (TPSA) is 80.5 Å². The number of carbonyl (C=O) groups is 1. The van der Waals surface area contributed by atoms with E-state index in [1.165, 1.54) is 4.90 Å². The first-order chi connectivity index (χ1) is 9.83. The van der Waals surface area contributed by atoms with E-state index in [0.29, 0.717) is 18.5 Å². The molecule has 0 radical (unpaired) electrons. The number of hydrogen-bond donors (Lipinski definition) is 1. The van der Waals surface area contributed by atoms with E-state index in [1.807, 2.05) is 25.1 Å². The van der Waals surface area contributed by atoms with Crippen LogP contribution in [0.5, 0.6) is 0 Å². The third kappa shape index (κ3) is 3.37. The number of hydrogen-bond acceptors (Lipinski definition) is 4. The fourth-order valence-corrected chi connectivity index (χ4v) is 4.58. The lowest BCUT2D eigenvalue weighted by Crippen LogP contribution is -2.44. The van der Waals surface area contributed by atoms with Crippen LogP contribution in [0.15, 0.2) is 24.3 Å². The van der Waals surface area contributed by atoms with Crippen LogP contribution in [0.1, 0.15) is 37.8 Å². The maximum atomic E-state index is 12.5. The highest BCUT2D eigenvalue weighted by atomic mass is 32.2. The highest BCUT2D eigenvalue weighted by Crippen LogP contribution is 2.26. The second kappa shape index (κ2) is 6.05. The molecule has 2 atom stereocenters. The highest BCUT2D eigenvalue weighted by molar-refractivity contribution is 7.92. The van der Waals surface area contributed by atoms with E-state index in [2.05, 4.69) is 0 Å². The summed E-state index contributed by atoms with van der Waals surface area (Å²) in [5.74, 6) is -0.200. The molecule has 0 spiro atoms. The SMILES string of the molecule is CC(c1cccc(N)c1)N(C)C(=O)C1CCCCS1(=O)=O. The Bertz CT molecular complexity index is 628. The molecule has 1 amide bonds. The van der Waals surface area contributed by atoms with Crippen molar-refractivity contribution in [3.05, 3.63) is 29.8 Å². The summed E-state index contributed by atoms with van der Waals surface area (Å²) in [6.07, 6.45) is 1.87. The first-order valence-corrected chi connectivity index (χ1v) is 8.88. The van der Waals surface area contributed by atoms with Crippen LogP contribution in [0.4, 0.5) is 5.69 Å². The highest BCUT2D eigenvalue weighted by Gasteiger charge is 2.37. The van der Waals surface area contributed by atoms with Crippen LogP contribution in [-0.2, 0) is 14.6 Å². The second-order valence-corrected chi connectivity index (χ2v) is 7.95. The van der Waals surface area contributed by atoms with Crippen molar-refractivity contribution in [3.8, 4) is 0 Å². The van der Waals surface area contributed by atoms with Gasteiger partial charge in [0.05, 0.1) is 11.8 Å². The normalized spacial score (nSPS) is 22.5. The fourth-order valence-electron chi connectivity index (χ4n) is 2.69. The summed E-state index contributed by atoms with van der Waals surface area (Å²) in [6.45, 7) is 1.88. The number of anilines is 1. The Balaban J connectivity index is 2.19. The van der Waals surface area contributed by atoms with Gasteiger partial charge in [-0.15, -0.1) is 0 Å². The van der Waals surface area contributed by atoms with Crippen molar-refractivity contribution in [2.75, 3.05) is 18.5 Å². The molecule has 2 rings (SSSR count). The summed E-state index contributed by atoms with van der Waals surface area (Å²) in [6, 6.07) is 7.10. The summed E-state index contributed by atoms with van der Waals surface area (Å²) < 4.78 is 24.1. The third-order valence-corrected chi connectivity index (χ3v) is 6.34. The lowest BCUT2D eigenvalue weighted by Gasteiger charge is -2.30. The Morgan fingerprint density at radius 3 is 2.71 bits per heavy atom. The van der Waals surface area contributed by atoms with Gasteiger partial charge in [0.15, 0.2) is 9.84 Å². The van der Waals surface area contributed by atoms with Crippen LogP contribution in [0.2, 0.25) is 0 Å². The number of carbonyl (C=O) groups excluding carboxylic acids is 1. The van der Waals surface area contributed by atoms with Gasteiger partial charge in [-0.3, -0.25) is 4.79 Å². The maximum absolute atomic E-state index is 12.5. The van der Waals surface area contributed by atoms with E-state index in [4.69, 9.17) is 5.73 Å². The largest absolute Gasteiger partial charge is 0.399 e. The van der Waals surface area contributed by atoms with Crippen LogP contribution >= 0.6 is 0 Å². The first-order valence-electron chi connectivity index (χ1n) is 7.16. The first kappa shape index (κ1) is 15.8. The molecule has 2 unspecified atom stereocenters. The number of nitrogen functional groups attached to an aromatic ring is 1. The van der Waals surface area contributed by atoms with E-state index in [0.717, 1.165) is 12.0 Å². The van der Waals surface area contributed by atoms with Gasteiger partial charge in [0.2, 0.25) is 5.91 Å². The molecule has 0 aromatic heterocycles. The van der Waals surface area contributed by atoms with Gasteiger partial charge < -0.3 is 10.6 Å². The molecule has 1 saturated heterocycles. The van der Waals surface area contributed by atoms with Crippen LogP contribution in [0.25, 0.3) is 0 Å². The molecular formula is C15H22N2O3S. The molecule has 116 valence electrons. The van der Waals surface area contributed by atoms with Gasteiger partial charge in [-0.25, -0.2) is 8.42 Å². The minimum Gasteiger partial charge on any atom is -0.399 e. The summed E-state index contributed by atoms with van der Waals surface area (Å²) in [4.78, 5) is 14.0. The van der Waals surface area contributed by atoms with Gasteiger partial charge >= 0.3 is 0 Å². The Hall–Kier alpha value is -1.56. The lowest BCUT2D eigenvalue weighted by molar-refractivity contribution is -0.131. The number of nitrogens with zero attached hydrogens (tertiary/aromatic N) is 1. The second-order valence-electron chi connectivity index (χ2n) is 5.65. The van der Waals surface area contributed by atoms with Gasteiger partial charge in [-0.2, -0.15) is 0 Å². The molecule has 5 nitrogen and oxygen atoms in total. The average molecular weight is 310 g/mol. The lowest BCUT2D eigenvalue weighted by atomic mass is 10.1. The van der Waals surface area contributed by atoms with Crippen molar-refractivity contribution in [1.82, 2.24) is 4.90 Å². The van der Waals surface area contributed by atoms with Crippen molar-refractivity contribution in [2.45, 2.75) is 37.5 Å². The smallest absolute Gasteiger partial charge is 0.241 e. The zero-order valence-corrected chi connectivity index (χ0v) is 13.3. The van der Waals surface area contributed by atoms with E-state index in [-0.39, 0.29) is 17.7 Å². The maximum Gasteiger partial charge on any atom is 0.241 e. The summed E-state index contributed by atoms with van der Waals surface area (Å²) in [5.41, 5.74) is 7.29. The average Bonchev–Trinajstić information content (AvgIpc) is 2.44. The fraction of sp³-hybridized carbons (Fsp3) is 0.533. The number of rotatable bonds is 3. The molecule has 0 saturated carbocycles. The van der Waals surface area contributed by atoms with Crippen molar-refractivity contribution >= 4 is 21.4 Å². The Kier molecular flexibility index (Phi) is 4.56. The Morgan fingerprint density at radius 2 is 2.10 bits per heavy atom. The minimum atomic E-state index is -3.31. The van der Waals surface area contributed by atoms with Gasteiger partial charge in [0, 0.05) is 12.7 Å². The van der Waals surface area contributed by atoms with Crippen molar-refractivity contribution in [3.63, 3.8) is 0 Å². The molecule has 1 aromatic carbocycles. The standard InChI is InChI=1S/C15H22N2O3S/c1-11(12-6-5-7-13(16)10-12)17(2)15(18)14-8-3-4-9-21(14,19)20/h5-7,10-11,14H,3-4,8-9,16H2,1-2H3. The third-order valence-electron chi connectivity index (χ3n) is 4.18.